The third-order valence-corrected chi connectivity index (χ3v) is 8.44. The van der Waals surface area contributed by atoms with Crippen molar-refractivity contribution in [2.45, 2.75) is 76.3 Å². The number of hydrogen-bond donors (Lipinski definition) is 5. The number of halogens is 1. The molecule has 43 heavy (non-hydrogen) atoms. The van der Waals surface area contributed by atoms with Gasteiger partial charge in [-0.25, -0.2) is 13.9 Å². The van der Waals surface area contributed by atoms with Gasteiger partial charge >= 0.3 is 13.7 Å². The van der Waals surface area contributed by atoms with Crippen LogP contribution in [0.15, 0.2) is 41.5 Å². The number of esters is 1. The number of aliphatic hydroxyl groups is 2. The summed E-state index contributed by atoms with van der Waals surface area (Å²) in [5.41, 5.74) is 4.65. The molecule has 1 aliphatic carbocycles. The number of hydrogen-bond acceptors (Lipinski definition) is 12. The lowest BCUT2D eigenvalue weighted by molar-refractivity contribution is -0.263. The number of fused-ring (bicyclic) bond motifs is 1. The first-order chi connectivity index (χ1) is 20.4. The van der Waals surface area contributed by atoms with Gasteiger partial charge in [0.25, 0.3) is 11.4 Å². The van der Waals surface area contributed by atoms with E-state index >= 15 is 4.39 Å². The number of aromatic nitrogens is 4. The third kappa shape index (κ3) is 8.16. The predicted octanol–water partition coefficient (Wildman–Crippen LogP) is 2.31. The number of nitrogens with two attached hydrogens (primary N) is 1. The number of para-hydroxylation sites is 1. The maximum Gasteiger partial charge on any atom is 0.459 e. The largest absolute Gasteiger partial charge is 0.461 e. The number of nitrogens with zero attached hydrogens (tertiary/aromatic N) is 3. The van der Waals surface area contributed by atoms with Gasteiger partial charge in [-0.1, -0.05) is 24.6 Å². The van der Waals surface area contributed by atoms with E-state index < -0.39 is 56.7 Å². The lowest BCUT2D eigenvalue weighted by Crippen LogP contribution is -2.46. The number of carbonyl (C=O) groups is 1. The summed E-state index contributed by atoms with van der Waals surface area (Å²) < 4.78 is 53.1. The second-order valence-corrected chi connectivity index (χ2v) is 11.9. The van der Waals surface area contributed by atoms with E-state index in [1.54, 1.807) is 18.2 Å². The highest BCUT2D eigenvalue weighted by Gasteiger charge is 2.44. The summed E-state index contributed by atoms with van der Waals surface area (Å²) in [6.07, 6.45) is 1.67. The second-order valence-electron chi connectivity index (χ2n) is 10.2. The predicted molar refractivity (Wildman–Crippen MR) is 151 cm³/mol. The number of alkyl halides is 1. The van der Waals surface area contributed by atoms with Crippen molar-refractivity contribution in [1.29, 1.82) is 0 Å². The molecule has 15 nitrogen and oxygen atoms in total. The number of carbonyl (C=O) groups excluding carboxylic acids is 1. The molecular formula is C26H36FN6O9P. The Hall–Kier alpha value is -3.40. The molecule has 5 atom stereocenters. The first-order valence-corrected chi connectivity index (χ1v) is 15.3. The molecule has 1 aromatic carbocycles. The van der Waals surface area contributed by atoms with Crippen LogP contribution in [0, 0.1) is 0 Å². The van der Waals surface area contributed by atoms with Crippen LogP contribution in [0.5, 0.6) is 5.75 Å². The fourth-order valence-corrected chi connectivity index (χ4v) is 5.94. The highest BCUT2D eigenvalue weighted by molar-refractivity contribution is 7.52. The maximum atomic E-state index is 16.2. The summed E-state index contributed by atoms with van der Waals surface area (Å²) in [7, 11) is -4.54. The zero-order chi connectivity index (χ0) is 31.2. The quantitative estimate of drug-likeness (QED) is 0.129. The second kappa shape index (κ2) is 13.9. The maximum absolute atomic E-state index is 16.2. The van der Waals surface area contributed by atoms with E-state index in [4.69, 9.17) is 24.3 Å². The normalized spacial score (nSPS) is 19.2. The summed E-state index contributed by atoms with van der Waals surface area (Å²) in [4.78, 5) is 35.1. The van der Waals surface area contributed by atoms with Crippen LogP contribution in [0.1, 0.15) is 52.2 Å². The van der Waals surface area contributed by atoms with E-state index in [-0.39, 0.29) is 29.0 Å². The van der Waals surface area contributed by atoms with Crippen LogP contribution in [0.2, 0.25) is 0 Å². The molecule has 1 aliphatic rings. The van der Waals surface area contributed by atoms with E-state index in [0.29, 0.717) is 0 Å². The number of imidazole rings is 1. The van der Waals surface area contributed by atoms with Gasteiger partial charge in [0, 0.05) is 0 Å². The molecule has 6 N–H and O–H groups in total. The van der Waals surface area contributed by atoms with Crippen LogP contribution in [0.25, 0.3) is 11.2 Å². The van der Waals surface area contributed by atoms with Gasteiger partial charge in [-0.2, -0.15) is 10.1 Å². The van der Waals surface area contributed by atoms with Crippen molar-refractivity contribution in [3.05, 3.63) is 47.0 Å². The Morgan fingerprint density at radius 1 is 1.28 bits per heavy atom. The van der Waals surface area contributed by atoms with Crippen molar-refractivity contribution in [3.63, 3.8) is 0 Å². The number of rotatable bonds is 14. The Labute approximate surface area is 246 Å². The number of anilines is 1. The van der Waals surface area contributed by atoms with Crippen molar-refractivity contribution < 1.29 is 42.5 Å². The molecule has 3 unspecified atom stereocenters. The van der Waals surface area contributed by atoms with Gasteiger partial charge in [0.1, 0.15) is 30.6 Å². The highest BCUT2D eigenvalue weighted by Crippen LogP contribution is 2.46. The summed E-state index contributed by atoms with van der Waals surface area (Å²) in [6, 6.07) is 6.66. The lowest BCUT2D eigenvalue weighted by Gasteiger charge is -2.33. The Morgan fingerprint density at radius 2 is 1.98 bits per heavy atom. The van der Waals surface area contributed by atoms with Crippen molar-refractivity contribution in [1.82, 2.24) is 24.6 Å². The van der Waals surface area contributed by atoms with Crippen molar-refractivity contribution in [2.75, 3.05) is 18.9 Å². The number of aliphatic hydroxyl groups excluding tert-OH is 2. The zero-order valence-corrected chi connectivity index (χ0v) is 24.6. The van der Waals surface area contributed by atoms with Gasteiger partial charge in [-0.05, 0) is 51.7 Å². The van der Waals surface area contributed by atoms with Gasteiger partial charge in [0.2, 0.25) is 5.95 Å². The van der Waals surface area contributed by atoms with Crippen LogP contribution >= 0.6 is 7.75 Å². The Morgan fingerprint density at radius 3 is 2.63 bits per heavy atom. The molecule has 4 rings (SSSR count). The van der Waals surface area contributed by atoms with E-state index in [1.807, 2.05) is 0 Å². The van der Waals surface area contributed by atoms with Gasteiger partial charge in [-0.15, -0.1) is 0 Å². The Balaban J connectivity index is 1.54. The minimum Gasteiger partial charge on any atom is -0.461 e. The number of ether oxygens (including phenoxy) is 2. The Kier molecular flexibility index (Phi) is 10.5. The van der Waals surface area contributed by atoms with Gasteiger partial charge in [0.05, 0.1) is 12.9 Å². The van der Waals surface area contributed by atoms with E-state index in [1.165, 1.54) is 19.1 Å². The molecular weight excluding hydrogens is 590 g/mol. The molecule has 236 valence electrons. The monoisotopic (exact) mass is 626 g/mol. The molecule has 2 aromatic heterocycles. The van der Waals surface area contributed by atoms with Crippen LogP contribution in [-0.4, -0.2) is 73.0 Å². The molecule has 0 saturated heterocycles. The molecule has 0 spiro atoms. The van der Waals surface area contributed by atoms with Crippen LogP contribution in [-0.2, 0) is 23.4 Å². The minimum absolute atomic E-state index is 0.0839. The first kappa shape index (κ1) is 32.5. The number of H-pyrrole nitrogens is 1. The summed E-state index contributed by atoms with van der Waals surface area (Å²) in [6.45, 7) is 0.394. The average Bonchev–Trinajstić information content (AvgIpc) is 3.40. The molecule has 2 heterocycles. The highest BCUT2D eigenvalue weighted by atomic mass is 31.2. The summed E-state index contributed by atoms with van der Waals surface area (Å²) in [5, 5.41) is 22.9. The molecule has 17 heteroatoms. The molecule has 0 radical (unpaired) electrons. The zero-order valence-electron chi connectivity index (χ0n) is 23.7. The van der Waals surface area contributed by atoms with Crippen molar-refractivity contribution >= 4 is 30.8 Å². The fourth-order valence-electron chi connectivity index (χ4n) is 4.44. The van der Waals surface area contributed by atoms with Crippen molar-refractivity contribution in [3.8, 4) is 5.75 Å². The number of benzene rings is 1. The van der Waals surface area contributed by atoms with Crippen LogP contribution in [0.4, 0.5) is 10.3 Å². The smallest absolute Gasteiger partial charge is 0.459 e. The first-order valence-electron chi connectivity index (χ1n) is 13.8. The molecule has 3 aromatic rings. The fraction of sp³-hybridized carbons (Fsp3) is 0.538. The summed E-state index contributed by atoms with van der Waals surface area (Å²) in [5.74, 6) is -3.98. The topological polar surface area (TPSA) is 213 Å². The standard InChI is InChI=1S/C26H36FN6O9P/c1-16(24(37)40-18-9-5-3-6-10-18)32-43(38,42-19-11-7-4-8-12-19)39-14-26(27,17(2)35)41-20(13-34)33-15-29-21-22(33)30-25(28)31-23(21)36/h4,7-8,11-12,15-18,20,34-35H,3,5-6,9-10,13-14H2,1-2H3,(H,32,38)(H3,28,30,31,36)/t16?,17-,20?,26+,43?/m0/s1. The average molecular weight is 627 g/mol. The number of nitrogen functional groups attached to an aromatic ring is 1. The van der Waals surface area contributed by atoms with Crippen LogP contribution in [0.3, 0.4) is 0 Å². The Bertz CT molecular complexity index is 1480. The van der Waals surface area contributed by atoms with Crippen LogP contribution < -0.4 is 20.9 Å². The van der Waals surface area contributed by atoms with E-state index in [0.717, 1.165) is 49.9 Å². The van der Waals surface area contributed by atoms with Gasteiger partial charge in [-0.3, -0.25) is 23.7 Å². The number of nitrogens with one attached hydrogen (secondary N) is 2. The number of aromatic amines is 1. The molecule has 0 aliphatic heterocycles. The van der Waals surface area contributed by atoms with Gasteiger partial charge in [0.15, 0.2) is 17.4 Å². The van der Waals surface area contributed by atoms with Gasteiger partial charge < -0.3 is 29.9 Å². The molecule has 0 amide bonds. The van der Waals surface area contributed by atoms with E-state index in [9.17, 15) is 24.4 Å². The lowest BCUT2D eigenvalue weighted by atomic mass is 9.98. The molecule has 1 fully saturated rings. The molecule has 0 bridgehead atoms. The molecule has 1 saturated carbocycles. The van der Waals surface area contributed by atoms with E-state index in [2.05, 4.69) is 20.0 Å². The summed E-state index contributed by atoms with van der Waals surface area (Å²) >= 11 is 0. The SMILES string of the molecule is CC(NP(=O)(OC[C@@](F)(OC(CO)n1cnc2c(=O)[nH]c(N)nc21)[C@H](C)O)Oc1ccccc1)C(=O)OC1CCCCC1. The van der Waals surface area contributed by atoms with Crippen molar-refractivity contribution in [2.24, 2.45) is 0 Å². The third-order valence-electron chi connectivity index (χ3n) is 6.81. The minimum atomic E-state index is -4.54.